The van der Waals surface area contributed by atoms with E-state index in [-0.39, 0.29) is 42.9 Å². The average Bonchev–Trinajstić information content (AvgIpc) is 3.86. The number of anilines is 1. The second-order valence-corrected chi connectivity index (χ2v) is 15.0. The summed E-state index contributed by atoms with van der Waals surface area (Å²) in [5, 5.41) is 11.6. The molecule has 3 aliphatic carbocycles. The normalized spacial score (nSPS) is 24.3. The summed E-state index contributed by atoms with van der Waals surface area (Å²) in [6.45, 7) is 7.70. The van der Waals surface area contributed by atoms with Gasteiger partial charge in [0, 0.05) is 61.1 Å². The molecule has 3 heterocycles. The third-order valence-corrected chi connectivity index (χ3v) is 10.8. The van der Waals surface area contributed by atoms with Crippen molar-refractivity contribution in [2.45, 2.75) is 121 Å². The van der Waals surface area contributed by atoms with E-state index in [4.69, 9.17) is 4.98 Å². The van der Waals surface area contributed by atoms with E-state index in [1.807, 2.05) is 43.6 Å². The summed E-state index contributed by atoms with van der Waals surface area (Å²) in [5.74, 6) is -1.61. The van der Waals surface area contributed by atoms with Crippen LogP contribution in [0.2, 0.25) is 0 Å². The van der Waals surface area contributed by atoms with Crippen molar-refractivity contribution >= 4 is 5.95 Å². The van der Waals surface area contributed by atoms with E-state index in [0.29, 0.717) is 35.4 Å². The van der Waals surface area contributed by atoms with Crippen molar-refractivity contribution in [3.8, 4) is 0 Å². The highest BCUT2D eigenvalue weighted by Crippen LogP contribution is 2.52. The molecular formula is C37H45F3N4O. The first-order valence-corrected chi connectivity index (χ1v) is 16.9. The monoisotopic (exact) mass is 618 g/mol. The van der Waals surface area contributed by atoms with Crippen molar-refractivity contribution in [2.24, 2.45) is 5.41 Å². The van der Waals surface area contributed by atoms with Gasteiger partial charge in [0.25, 0.3) is 0 Å². The van der Waals surface area contributed by atoms with Crippen molar-refractivity contribution in [1.82, 2.24) is 15.0 Å². The van der Waals surface area contributed by atoms with Gasteiger partial charge in [0.15, 0.2) is 6.17 Å². The largest absolute Gasteiger partial charge is 0.388 e. The summed E-state index contributed by atoms with van der Waals surface area (Å²) in [7, 11) is 0. The molecule has 0 amide bonds. The maximum Gasteiger partial charge on any atom is 0.248 e. The quantitative estimate of drug-likeness (QED) is 0.299. The van der Waals surface area contributed by atoms with E-state index in [2.05, 4.69) is 28.7 Å². The molecule has 2 aromatic heterocycles. The number of aliphatic hydroxyl groups excluding tert-OH is 1. The number of nitrogens with zero attached hydrogens (tertiary/aromatic N) is 4. The first-order valence-electron chi connectivity index (χ1n) is 16.9. The molecule has 1 aromatic carbocycles. The van der Waals surface area contributed by atoms with Crippen molar-refractivity contribution in [3.05, 3.63) is 81.4 Å². The number of benzene rings is 1. The minimum atomic E-state index is -2.70. The molecule has 4 aliphatic rings. The number of aliphatic hydroxyl groups is 1. The number of rotatable bonds is 6. The summed E-state index contributed by atoms with van der Waals surface area (Å²) in [6.07, 6.45) is 6.92. The summed E-state index contributed by atoms with van der Waals surface area (Å²) >= 11 is 0. The van der Waals surface area contributed by atoms with Crippen LogP contribution in [0.1, 0.15) is 146 Å². The maximum atomic E-state index is 17.2. The topological polar surface area (TPSA) is 62.1 Å². The second-order valence-electron chi connectivity index (χ2n) is 15.0. The Morgan fingerprint density at radius 3 is 2.13 bits per heavy atom. The molecule has 2 atom stereocenters. The number of alkyl halides is 3. The van der Waals surface area contributed by atoms with Crippen LogP contribution in [0.5, 0.6) is 0 Å². The van der Waals surface area contributed by atoms with Crippen LogP contribution in [0.15, 0.2) is 36.7 Å². The fourth-order valence-electron chi connectivity index (χ4n) is 8.09. The Hall–Kier alpha value is -3.00. The van der Waals surface area contributed by atoms with Crippen molar-refractivity contribution in [1.29, 1.82) is 0 Å². The lowest BCUT2D eigenvalue weighted by Crippen LogP contribution is -2.36. The van der Waals surface area contributed by atoms with Crippen LogP contribution in [0.4, 0.5) is 19.1 Å². The molecule has 2 saturated carbocycles. The zero-order valence-electron chi connectivity index (χ0n) is 26.7. The molecular weight excluding hydrogens is 573 g/mol. The first kappa shape index (κ1) is 30.6. The Morgan fingerprint density at radius 2 is 1.51 bits per heavy atom. The fraction of sp³-hybridized carbons (Fsp3) is 0.595. The van der Waals surface area contributed by atoms with Gasteiger partial charge in [0.2, 0.25) is 11.9 Å². The molecule has 1 N–H and O–H groups in total. The highest BCUT2D eigenvalue weighted by molar-refractivity contribution is 5.51. The Morgan fingerprint density at radius 1 is 0.867 bits per heavy atom. The van der Waals surface area contributed by atoms with E-state index in [1.54, 1.807) is 0 Å². The second kappa shape index (κ2) is 11.7. The van der Waals surface area contributed by atoms with Crippen LogP contribution in [0, 0.1) is 12.3 Å². The molecule has 3 fully saturated rings. The van der Waals surface area contributed by atoms with E-state index >= 15 is 4.39 Å². The van der Waals surface area contributed by atoms with Gasteiger partial charge in [0.1, 0.15) is 0 Å². The Labute approximate surface area is 264 Å². The minimum absolute atomic E-state index is 0.00180. The molecule has 0 radical (unpaired) electrons. The van der Waals surface area contributed by atoms with Gasteiger partial charge in [-0.1, -0.05) is 43.7 Å². The third-order valence-electron chi connectivity index (χ3n) is 10.8. The standard InChI is InChI=1S/C37H45F3N4O/c1-22-4-6-25(7-5-22)33(38)32-30(24-10-14-37(39,40)15-11-24)31-28(18-36(2,3)19-29(31)45)43-34(32)26-12-16-44(17-13-26)35-41-20-27(21-42-35)23-8-9-23/h4-7,20-21,23-24,26,29,33,45H,8-19H2,1-3H3. The summed E-state index contributed by atoms with van der Waals surface area (Å²) in [4.78, 5) is 16.8. The molecule has 8 heteroatoms. The number of hydrogen-bond acceptors (Lipinski definition) is 5. The van der Waals surface area contributed by atoms with Gasteiger partial charge in [-0.25, -0.2) is 23.1 Å². The smallest absolute Gasteiger partial charge is 0.248 e. The summed E-state index contributed by atoms with van der Waals surface area (Å²) in [5.41, 5.74) is 6.19. The molecule has 0 bridgehead atoms. The summed E-state index contributed by atoms with van der Waals surface area (Å²) in [6, 6.07) is 7.48. The van der Waals surface area contributed by atoms with Crippen LogP contribution >= 0.6 is 0 Å². The van der Waals surface area contributed by atoms with Crippen LogP contribution < -0.4 is 4.90 Å². The predicted octanol–water partition coefficient (Wildman–Crippen LogP) is 8.80. The molecule has 2 unspecified atom stereocenters. The lowest BCUT2D eigenvalue weighted by Gasteiger charge is -2.41. The SMILES string of the molecule is Cc1ccc(C(F)c2c(C3CCN(c4ncc(C5CC5)cn4)CC3)nc3c(c2C2CCC(F)(F)CC2)C(O)CC(C)(C)C3)cc1. The Balaban J connectivity index is 1.30. The van der Waals surface area contributed by atoms with Gasteiger partial charge < -0.3 is 10.0 Å². The van der Waals surface area contributed by atoms with Gasteiger partial charge in [-0.3, -0.25) is 4.98 Å². The highest BCUT2D eigenvalue weighted by Gasteiger charge is 2.43. The highest BCUT2D eigenvalue weighted by atomic mass is 19.3. The number of aryl methyl sites for hydroxylation is 1. The zero-order chi connectivity index (χ0) is 31.5. The third kappa shape index (κ3) is 6.24. The van der Waals surface area contributed by atoms with Crippen LogP contribution in [0.25, 0.3) is 0 Å². The first-order chi connectivity index (χ1) is 21.5. The number of piperidine rings is 1. The van der Waals surface area contributed by atoms with E-state index in [0.717, 1.165) is 54.4 Å². The summed E-state index contributed by atoms with van der Waals surface area (Å²) < 4.78 is 46.0. The Kier molecular flexibility index (Phi) is 7.94. The Bertz CT molecular complexity index is 1520. The number of halogens is 3. The predicted molar refractivity (Wildman–Crippen MR) is 170 cm³/mol. The molecule has 240 valence electrons. The van der Waals surface area contributed by atoms with Gasteiger partial charge in [-0.05, 0) is 92.2 Å². The molecule has 0 spiro atoms. The van der Waals surface area contributed by atoms with E-state index in [9.17, 15) is 13.9 Å². The number of hydrogen-bond donors (Lipinski definition) is 1. The van der Waals surface area contributed by atoms with Crippen molar-refractivity contribution in [3.63, 3.8) is 0 Å². The van der Waals surface area contributed by atoms with Gasteiger partial charge >= 0.3 is 0 Å². The molecule has 5 nitrogen and oxygen atoms in total. The molecule has 3 aromatic rings. The van der Waals surface area contributed by atoms with Crippen molar-refractivity contribution < 1.29 is 18.3 Å². The zero-order valence-corrected chi connectivity index (χ0v) is 26.7. The van der Waals surface area contributed by atoms with Gasteiger partial charge in [-0.15, -0.1) is 0 Å². The maximum absolute atomic E-state index is 17.2. The van der Waals surface area contributed by atoms with Crippen LogP contribution in [-0.4, -0.2) is 39.1 Å². The van der Waals surface area contributed by atoms with E-state index in [1.165, 1.54) is 18.4 Å². The average molecular weight is 619 g/mol. The van der Waals surface area contributed by atoms with Crippen molar-refractivity contribution in [2.75, 3.05) is 18.0 Å². The van der Waals surface area contributed by atoms with Gasteiger partial charge in [-0.2, -0.15) is 0 Å². The van der Waals surface area contributed by atoms with Crippen LogP contribution in [0.3, 0.4) is 0 Å². The molecule has 7 rings (SSSR count). The number of aromatic nitrogens is 3. The van der Waals surface area contributed by atoms with Crippen LogP contribution in [-0.2, 0) is 6.42 Å². The minimum Gasteiger partial charge on any atom is -0.388 e. The lowest BCUT2D eigenvalue weighted by molar-refractivity contribution is -0.0385. The fourth-order valence-corrected chi connectivity index (χ4v) is 8.09. The molecule has 45 heavy (non-hydrogen) atoms. The van der Waals surface area contributed by atoms with Gasteiger partial charge in [0.05, 0.1) is 11.8 Å². The molecule has 1 aliphatic heterocycles. The lowest BCUT2D eigenvalue weighted by atomic mass is 9.68. The number of pyridine rings is 1. The van der Waals surface area contributed by atoms with E-state index < -0.39 is 18.2 Å². The number of fused-ring (bicyclic) bond motifs is 1. The molecule has 1 saturated heterocycles.